The lowest BCUT2D eigenvalue weighted by Gasteiger charge is -2.13. The molecular weight excluding hydrogens is 234 g/mol. The summed E-state index contributed by atoms with van der Waals surface area (Å²) in [6, 6.07) is 12.9. The number of halogens is 2. The van der Waals surface area contributed by atoms with Crippen molar-refractivity contribution in [3.63, 3.8) is 0 Å². The summed E-state index contributed by atoms with van der Waals surface area (Å²) in [7, 11) is 0. The van der Waals surface area contributed by atoms with Crippen LogP contribution in [0.3, 0.4) is 0 Å². The molecule has 1 atom stereocenters. The minimum absolute atomic E-state index is 0.337. The minimum Gasteiger partial charge on any atom is -0.366 e. The quantitative estimate of drug-likeness (QED) is 0.894. The van der Waals surface area contributed by atoms with E-state index in [-0.39, 0.29) is 11.6 Å². The van der Waals surface area contributed by atoms with Crippen molar-refractivity contribution in [1.82, 2.24) is 0 Å². The molecule has 2 nitrogen and oxygen atoms in total. The minimum atomic E-state index is -0.601. The van der Waals surface area contributed by atoms with Crippen molar-refractivity contribution in [3.05, 3.63) is 65.7 Å². The molecule has 0 radical (unpaired) electrons. The molecule has 0 bridgehead atoms. The second kappa shape index (κ2) is 5.28. The fourth-order valence-corrected chi connectivity index (χ4v) is 1.56. The van der Waals surface area contributed by atoms with E-state index in [0.29, 0.717) is 11.3 Å². The van der Waals surface area contributed by atoms with Gasteiger partial charge in [0.05, 0.1) is 6.07 Å². The van der Waals surface area contributed by atoms with Crippen LogP contribution in [0.2, 0.25) is 0 Å². The summed E-state index contributed by atoms with van der Waals surface area (Å²) in [4.78, 5) is 0. The van der Waals surface area contributed by atoms with Crippen LogP contribution in [-0.4, -0.2) is 0 Å². The molecule has 0 saturated heterocycles. The van der Waals surface area contributed by atoms with Gasteiger partial charge in [-0.15, -0.1) is 0 Å². The third-order valence-electron chi connectivity index (χ3n) is 2.49. The van der Waals surface area contributed by atoms with Crippen LogP contribution in [0.15, 0.2) is 48.5 Å². The highest BCUT2D eigenvalue weighted by atomic mass is 19.1. The molecule has 0 aliphatic carbocycles. The third-order valence-corrected chi connectivity index (χ3v) is 2.49. The Hall–Kier alpha value is -2.41. The van der Waals surface area contributed by atoms with Crippen molar-refractivity contribution in [2.24, 2.45) is 0 Å². The first-order valence-corrected chi connectivity index (χ1v) is 5.36. The van der Waals surface area contributed by atoms with Crippen molar-refractivity contribution in [3.8, 4) is 6.07 Å². The summed E-state index contributed by atoms with van der Waals surface area (Å²) < 4.78 is 25.5. The van der Waals surface area contributed by atoms with Crippen LogP contribution >= 0.6 is 0 Å². The van der Waals surface area contributed by atoms with E-state index in [0.717, 1.165) is 0 Å². The molecule has 0 aromatic heterocycles. The molecule has 4 heteroatoms. The average molecular weight is 244 g/mol. The maximum absolute atomic E-state index is 12.8. The molecule has 0 fully saturated rings. The fraction of sp³-hybridized carbons (Fsp3) is 0.0714. The zero-order valence-electron chi connectivity index (χ0n) is 9.40. The van der Waals surface area contributed by atoms with Crippen LogP contribution in [0.5, 0.6) is 0 Å². The van der Waals surface area contributed by atoms with Gasteiger partial charge in [0.15, 0.2) is 0 Å². The predicted octanol–water partition coefficient (Wildman–Crippen LogP) is 3.64. The largest absolute Gasteiger partial charge is 0.366 e. The second-order valence-corrected chi connectivity index (χ2v) is 3.76. The van der Waals surface area contributed by atoms with Gasteiger partial charge < -0.3 is 5.32 Å². The number of hydrogen-bond donors (Lipinski definition) is 1. The topological polar surface area (TPSA) is 35.8 Å². The number of hydrogen-bond acceptors (Lipinski definition) is 2. The third kappa shape index (κ3) is 2.83. The highest BCUT2D eigenvalue weighted by Gasteiger charge is 2.10. The van der Waals surface area contributed by atoms with Crippen molar-refractivity contribution in [1.29, 1.82) is 5.26 Å². The molecule has 18 heavy (non-hydrogen) atoms. The Labute approximate surface area is 103 Å². The maximum atomic E-state index is 12.8. The Bertz CT molecular complexity index is 556. The summed E-state index contributed by atoms with van der Waals surface area (Å²) in [5.41, 5.74) is 1.29. The zero-order chi connectivity index (χ0) is 13.0. The van der Waals surface area contributed by atoms with Gasteiger partial charge in [-0.25, -0.2) is 8.78 Å². The number of nitriles is 1. The van der Waals surface area contributed by atoms with Crippen LogP contribution in [0.25, 0.3) is 0 Å². The lowest BCUT2D eigenvalue weighted by atomic mass is 10.1. The van der Waals surface area contributed by atoms with Crippen molar-refractivity contribution >= 4 is 5.69 Å². The predicted molar refractivity (Wildman–Crippen MR) is 64.8 cm³/mol. The van der Waals surface area contributed by atoms with Crippen LogP contribution < -0.4 is 5.32 Å². The average Bonchev–Trinajstić information content (AvgIpc) is 2.39. The first-order valence-electron chi connectivity index (χ1n) is 5.36. The highest BCUT2D eigenvalue weighted by molar-refractivity contribution is 5.47. The van der Waals surface area contributed by atoms with E-state index in [4.69, 9.17) is 5.26 Å². The van der Waals surface area contributed by atoms with Crippen molar-refractivity contribution in [2.45, 2.75) is 6.04 Å². The molecular formula is C14H10F2N2. The van der Waals surface area contributed by atoms with Gasteiger partial charge in [-0.1, -0.05) is 12.1 Å². The van der Waals surface area contributed by atoms with Gasteiger partial charge in [-0.2, -0.15) is 5.26 Å². The van der Waals surface area contributed by atoms with Gasteiger partial charge in [0.1, 0.15) is 17.7 Å². The Morgan fingerprint density at radius 2 is 1.39 bits per heavy atom. The van der Waals surface area contributed by atoms with Gasteiger partial charge in [0, 0.05) is 5.69 Å². The lowest BCUT2D eigenvalue weighted by Crippen LogP contribution is -2.08. The van der Waals surface area contributed by atoms with Crippen molar-refractivity contribution < 1.29 is 8.78 Å². The molecule has 0 saturated carbocycles. The van der Waals surface area contributed by atoms with Crippen molar-refractivity contribution in [2.75, 3.05) is 5.32 Å². The normalized spacial score (nSPS) is 11.6. The monoisotopic (exact) mass is 244 g/mol. The Morgan fingerprint density at radius 3 is 1.89 bits per heavy atom. The summed E-state index contributed by atoms with van der Waals surface area (Å²) in [5.74, 6) is -0.687. The number of nitrogens with zero attached hydrogens (tertiary/aromatic N) is 1. The first-order chi connectivity index (χ1) is 8.69. The van der Waals surface area contributed by atoms with E-state index in [2.05, 4.69) is 11.4 Å². The zero-order valence-corrected chi connectivity index (χ0v) is 9.40. The molecule has 2 aromatic carbocycles. The van der Waals surface area contributed by atoms with E-state index in [9.17, 15) is 8.78 Å². The van der Waals surface area contributed by atoms with E-state index in [1.807, 2.05) is 0 Å². The number of nitrogens with one attached hydrogen (secondary N) is 1. The highest BCUT2D eigenvalue weighted by Crippen LogP contribution is 2.19. The fourth-order valence-electron chi connectivity index (χ4n) is 1.56. The molecule has 1 N–H and O–H groups in total. The summed E-state index contributed by atoms with van der Waals surface area (Å²) in [5, 5.41) is 12.0. The molecule has 90 valence electrons. The molecule has 0 heterocycles. The van der Waals surface area contributed by atoms with E-state index >= 15 is 0 Å². The van der Waals surface area contributed by atoms with Crippen LogP contribution in [-0.2, 0) is 0 Å². The molecule has 2 rings (SSSR count). The van der Waals surface area contributed by atoms with Crippen LogP contribution in [0.4, 0.5) is 14.5 Å². The summed E-state index contributed by atoms with van der Waals surface area (Å²) >= 11 is 0. The van der Waals surface area contributed by atoms with Crippen LogP contribution in [0, 0.1) is 23.0 Å². The van der Waals surface area contributed by atoms with Crippen LogP contribution in [0.1, 0.15) is 11.6 Å². The first kappa shape index (κ1) is 12.1. The smallest absolute Gasteiger partial charge is 0.140 e. The molecule has 0 amide bonds. The SMILES string of the molecule is N#CC(Nc1ccc(F)cc1)c1ccc(F)cc1. The Kier molecular flexibility index (Phi) is 3.54. The Morgan fingerprint density at radius 1 is 0.889 bits per heavy atom. The molecule has 1 unspecified atom stereocenters. The Balaban J connectivity index is 2.17. The summed E-state index contributed by atoms with van der Waals surface area (Å²) in [6.45, 7) is 0. The van der Waals surface area contributed by atoms with Gasteiger partial charge in [0.2, 0.25) is 0 Å². The maximum Gasteiger partial charge on any atom is 0.140 e. The van der Waals surface area contributed by atoms with E-state index in [1.165, 1.54) is 24.3 Å². The summed E-state index contributed by atoms with van der Waals surface area (Å²) in [6.07, 6.45) is 0. The van der Waals surface area contributed by atoms with Gasteiger partial charge in [-0.3, -0.25) is 0 Å². The van der Waals surface area contributed by atoms with Gasteiger partial charge in [-0.05, 0) is 42.0 Å². The van der Waals surface area contributed by atoms with E-state index < -0.39 is 6.04 Å². The van der Waals surface area contributed by atoms with Gasteiger partial charge >= 0.3 is 0 Å². The number of rotatable bonds is 3. The lowest BCUT2D eigenvalue weighted by molar-refractivity contribution is 0.626. The standard InChI is InChI=1S/C14H10F2N2/c15-11-3-1-10(2-4-11)14(9-17)18-13-7-5-12(16)6-8-13/h1-8,14,18H. The number of benzene rings is 2. The van der Waals surface area contributed by atoms with E-state index in [1.54, 1.807) is 24.3 Å². The molecule has 0 spiro atoms. The second-order valence-electron chi connectivity index (χ2n) is 3.76. The molecule has 0 aliphatic rings. The molecule has 2 aromatic rings. The molecule has 0 aliphatic heterocycles. The number of anilines is 1. The van der Waals surface area contributed by atoms with Gasteiger partial charge in [0.25, 0.3) is 0 Å².